The zero-order valence-electron chi connectivity index (χ0n) is 23.4. The number of rotatable bonds is 26. The highest BCUT2D eigenvalue weighted by molar-refractivity contribution is 5.84. The molecule has 1 fully saturated rings. The van der Waals surface area contributed by atoms with Gasteiger partial charge in [-0.05, 0) is 44.4 Å². The van der Waals surface area contributed by atoms with Gasteiger partial charge in [0.1, 0.15) is 12.3 Å². The Bertz CT molecular complexity index is 764. The second-order valence-corrected chi connectivity index (χ2v) is 10.8. The summed E-state index contributed by atoms with van der Waals surface area (Å²) >= 11 is 0. The van der Waals surface area contributed by atoms with Crippen molar-refractivity contribution in [1.29, 1.82) is 0 Å². The Morgan fingerprint density at radius 3 is 1.79 bits per heavy atom. The molecule has 3 atom stereocenters. The highest BCUT2D eigenvalue weighted by Crippen LogP contribution is 2.44. The zero-order chi connectivity index (χ0) is 28.9. The fourth-order valence-corrected chi connectivity index (χ4v) is 4.86. The van der Waals surface area contributed by atoms with Gasteiger partial charge >= 0.3 is 11.9 Å². The number of carbonyl (C=O) groups is 5. The van der Waals surface area contributed by atoms with E-state index in [1.807, 2.05) is 0 Å². The second kappa shape index (κ2) is 20.4. The van der Waals surface area contributed by atoms with Crippen LogP contribution in [-0.2, 0) is 24.0 Å². The lowest BCUT2D eigenvalue weighted by molar-refractivity contribution is -0.142. The van der Waals surface area contributed by atoms with Crippen molar-refractivity contribution >= 4 is 30.0 Å². The molecule has 0 spiro atoms. The molecule has 0 aliphatic heterocycles. The van der Waals surface area contributed by atoms with Crippen LogP contribution in [0, 0.1) is 5.92 Å². The SMILES string of the molecule is NNC1(C=O)CC1CCCNC(=O)CC[C@H](NC(=O)CCCCCCCCCCCCCCC(=O)O)C(=O)O. The van der Waals surface area contributed by atoms with Crippen molar-refractivity contribution in [2.45, 2.75) is 134 Å². The number of aldehydes is 1. The molecule has 0 aromatic carbocycles. The van der Waals surface area contributed by atoms with Crippen molar-refractivity contribution in [3.8, 4) is 0 Å². The molecule has 0 bridgehead atoms. The Labute approximate surface area is 232 Å². The lowest BCUT2D eigenvalue weighted by Crippen LogP contribution is -2.41. The van der Waals surface area contributed by atoms with E-state index in [0.29, 0.717) is 25.8 Å². The smallest absolute Gasteiger partial charge is 0.326 e. The fraction of sp³-hybridized carbons (Fsp3) is 0.821. The number of hydrogen-bond donors (Lipinski definition) is 6. The van der Waals surface area contributed by atoms with Gasteiger partial charge in [0, 0.05) is 25.8 Å². The average molecular weight is 555 g/mol. The van der Waals surface area contributed by atoms with E-state index in [9.17, 15) is 29.1 Å². The summed E-state index contributed by atoms with van der Waals surface area (Å²) in [6.45, 7) is 0.440. The summed E-state index contributed by atoms with van der Waals surface area (Å²) < 4.78 is 0. The van der Waals surface area contributed by atoms with E-state index in [1.165, 1.54) is 25.7 Å². The largest absolute Gasteiger partial charge is 0.481 e. The Kier molecular flexibility index (Phi) is 18.0. The molecule has 1 saturated carbocycles. The van der Waals surface area contributed by atoms with Crippen LogP contribution >= 0.6 is 0 Å². The van der Waals surface area contributed by atoms with Gasteiger partial charge in [-0.15, -0.1) is 0 Å². The highest BCUT2D eigenvalue weighted by atomic mass is 16.4. The minimum atomic E-state index is -1.15. The molecule has 1 aliphatic rings. The van der Waals surface area contributed by atoms with E-state index in [-0.39, 0.29) is 43.4 Å². The van der Waals surface area contributed by atoms with Gasteiger partial charge in [0.2, 0.25) is 11.8 Å². The van der Waals surface area contributed by atoms with Crippen molar-refractivity contribution in [1.82, 2.24) is 16.1 Å². The van der Waals surface area contributed by atoms with Gasteiger partial charge in [-0.2, -0.15) is 0 Å². The van der Waals surface area contributed by atoms with Crippen LogP contribution in [0.3, 0.4) is 0 Å². The van der Waals surface area contributed by atoms with E-state index in [2.05, 4.69) is 16.1 Å². The van der Waals surface area contributed by atoms with Gasteiger partial charge in [0.25, 0.3) is 0 Å². The van der Waals surface area contributed by atoms with E-state index in [4.69, 9.17) is 10.9 Å². The predicted molar refractivity (Wildman–Crippen MR) is 148 cm³/mol. The van der Waals surface area contributed by atoms with Crippen LogP contribution in [-0.4, -0.2) is 58.4 Å². The number of carbonyl (C=O) groups excluding carboxylic acids is 3. The van der Waals surface area contributed by atoms with Crippen molar-refractivity contribution < 1.29 is 34.2 Å². The highest BCUT2D eigenvalue weighted by Gasteiger charge is 2.53. The minimum Gasteiger partial charge on any atom is -0.481 e. The maximum Gasteiger partial charge on any atom is 0.326 e. The molecule has 1 aliphatic carbocycles. The average Bonchev–Trinajstić information content (AvgIpc) is 3.62. The number of amides is 2. The number of unbranched alkanes of at least 4 members (excludes halogenated alkanes) is 11. The van der Waals surface area contributed by atoms with Crippen LogP contribution in [0.4, 0.5) is 0 Å². The molecule has 0 aromatic heterocycles. The number of hydrazine groups is 1. The Morgan fingerprint density at radius 1 is 0.795 bits per heavy atom. The van der Waals surface area contributed by atoms with Gasteiger partial charge in [-0.1, -0.05) is 64.2 Å². The molecule has 7 N–H and O–H groups in total. The van der Waals surface area contributed by atoms with Gasteiger partial charge in [0.15, 0.2) is 0 Å². The van der Waals surface area contributed by atoms with Gasteiger partial charge < -0.3 is 25.6 Å². The molecule has 2 unspecified atom stereocenters. The fourth-order valence-electron chi connectivity index (χ4n) is 4.86. The lowest BCUT2D eigenvalue weighted by atomic mass is 10.0. The normalized spacial score (nSPS) is 18.7. The summed E-state index contributed by atoms with van der Waals surface area (Å²) in [5.74, 6) is 3.13. The van der Waals surface area contributed by atoms with E-state index in [0.717, 1.165) is 57.7 Å². The molecule has 0 saturated heterocycles. The van der Waals surface area contributed by atoms with Gasteiger partial charge in [-0.25, -0.2) is 10.2 Å². The molecule has 0 heterocycles. The Balaban J connectivity index is 2.00. The molecule has 11 heteroatoms. The molecule has 0 radical (unpaired) electrons. The minimum absolute atomic E-state index is 0.00797. The zero-order valence-corrected chi connectivity index (χ0v) is 23.4. The summed E-state index contributed by atoms with van der Waals surface area (Å²) in [5, 5.41) is 23.3. The van der Waals surface area contributed by atoms with E-state index < -0.39 is 23.5 Å². The van der Waals surface area contributed by atoms with Crippen LogP contribution < -0.4 is 21.9 Å². The monoisotopic (exact) mass is 554 g/mol. The van der Waals surface area contributed by atoms with Crippen LogP contribution in [0.5, 0.6) is 0 Å². The number of carboxylic acid groups (broad SMARTS) is 2. The van der Waals surface area contributed by atoms with Crippen molar-refractivity contribution in [2.75, 3.05) is 6.54 Å². The quantitative estimate of drug-likeness (QED) is 0.0404. The Morgan fingerprint density at radius 2 is 1.33 bits per heavy atom. The number of hydrogen-bond acceptors (Lipinski definition) is 7. The summed E-state index contributed by atoms with van der Waals surface area (Å²) in [6, 6.07) is -1.09. The number of nitrogens with one attached hydrogen (secondary N) is 3. The first-order chi connectivity index (χ1) is 18.7. The molecular formula is C28H50N4O7. The number of carboxylic acids is 2. The van der Waals surface area contributed by atoms with Crippen LogP contribution in [0.2, 0.25) is 0 Å². The molecular weight excluding hydrogens is 504 g/mol. The summed E-state index contributed by atoms with van der Waals surface area (Å²) in [7, 11) is 0. The first kappa shape index (κ1) is 34.5. The molecule has 39 heavy (non-hydrogen) atoms. The number of aliphatic carboxylic acids is 2. The topological polar surface area (TPSA) is 188 Å². The molecule has 0 aromatic rings. The van der Waals surface area contributed by atoms with Crippen molar-refractivity contribution in [2.24, 2.45) is 11.8 Å². The third-order valence-corrected chi connectivity index (χ3v) is 7.52. The maximum absolute atomic E-state index is 12.2. The third-order valence-electron chi connectivity index (χ3n) is 7.52. The number of nitrogens with two attached hydrogens (primary N) is 1. The standard InChI is InChI=1S/C28H50N4O7/c29-32-28(21-33)20-22(28)14-13-19-30-24(34)18-17-23(27(38)39)31-25(35)15-11-9-7-5-3-1-2-4-6-8-10-12-16-26(36)37/h21-23,32H,1-20,29H2,(H,30,34)(H,31,35)(H,36,37)(H,38,39)/t22?,23-,28?/m0/s1. The first-order valence-corrected chi connectivity index (χ1v) is 14.7. The van der Waals surface area contributed by atoms with Gasteiger partial charge in [0.05, 0.1) is 5.54 Å². The molecule has 224 valence electrons. The van der Waals surface area contributed by atoms with Crippen molar-refractivity contribution in [3.63, 3.8) is 0 Å². The van der Waals surface area contributed by atoms with Crippen LogP contribution in [0.25, 0.3) is 0 Å². The predicted octanol–water partition coefficient (Wildman–Crippen LogP) is 3.20. The molecule has 2 amide bonds. The maximum atomic E-state index is 12.2. The summed E-state index contributed by atoms with van der Waals surface area (Å²) in [6.07, 6.45) is 16.1. The van der Waals surface area contributed by atoms with E-state index in [1.54, 1.807) is 0 Å². The third kappa shape index (κ3) is 16.2. The second-order valence-electron chi connectivity index (χ2n) is 10.8. The van der Waals surface area contributed by atoms with Crippen molar-refractivity contribution in [3.05, 3.63) is 0 Å². The molecule has 11 nitrogen and oxygen atoms in total. The first-order valence-electron chi connectivity index (χ1n) is 14.7. The van der Waals surface area contributed by atoms with Crippen LogP contribution in [0.1, 0.15) is 122 Å². The molecule has 1 rings (SSSR count). The van der Waals surface area contributed by atoms with E-state index >= 15 is 0 Å². The summed E-state index contributed by atoms with van der Waals surface area (Å²) in [5.41, 5.74) is 1.92. The van der Waals surface area contributed by atoms with Crippen LogP contribution in [0.15, 0.2) is 0 Å². The Hall–Kier alpha value is -2.53. The van der Waals surface area contributed by atoms with Gasteiger partial charge in [-0.3, -0.25) is 20.2 Å². The summed E-state index contributed by atoms with van der Waals surface area (Å²) in [4.78, 5) is 57.2. The lowest BCUT2D eigenvalue weighted by Gasteiger charge is -2.14.